The summed E-state index contributed by atoms with van der Waals surface area (Å²) in [7, 11) is 3.47. The fourth-order valence-corrected chi connectivity index (χ4v) is 3.71. The Balaban J connectivity index is 2.05. The van der Waals surface area contributed by atoms with Gasteiger partial charge in [0, 0.05) is 12.3 Å². The molecule has 0 amide bonds. The van der Waals surface area contributed by atoms with Gasteiger partial charge < -0.3 is 10.1 Å². The van der Waals surface area contributed by atoms with E-state index in [1.54, 1.807) is 14.1 Å². The van der Waals surface area contributed by atoms with Gasteiger partial charge in [0.25, 0.3) is 0 Å². The van der Waals surface area contributed by atoms with Crippen molar-refractivity contribution in [3.8, 4) is 0 Å². The second kappa shape index (κ2) is 6.01. The summed E-state index contributed by atoms with van der Waals surface area (Å²) in [5.41, 5.74) is -0.834. The van der Waals surface area contributed by atoms with Gasteiger partial charge in [-0.1, -0.05) is 11.8 Å². The molecule has 0 saturated heterocycles. The molecule has 0 spiro atoms. The molecule has 1 heterocycles. The van der Waals surface area contributed by atoms with Gasteiger partial charge in [0.05, 0.1) is 6.61 Å². The average Bonchev–Trinajstić information content (AvgIpc) is 2.99. The van der Waals surface area contributed by atoms with Crippen LogP contribution >= 0.6 is 11.8 Å². The standard InChI is InChI=1S/C12H20N4O3S/c1-4-19-9(17)12(13-2)6-5-8(7-12)20-11-15-14-10(18)16(11)3/h8,13H,4-7H2,1-3H3,(H,14,18). The highest BCUT2D eigenvalue weighted by molar-refractivity contribution is 7.99. The van der Waals surface area contributed by atoms with Crippen molar-refractivity contribution < 1.29 is 9.53 Å². The first-order valence-electron chi connectivity index (χ1n) is 6.66. The van der Waals surface area contributed by atoms with Gasteiger partial charge in [-0.15, -0.1) is 5.10 Å². The maximum Gasteiger partial charge on any atom is 0.343 e. The lowest BCUT2D eigenvalue weighted by Gasteiger charge is -2.26. The first-order chi connectivity index (χ1) is 9.52. The van der Waals surface area contributed by atoms with Crippen LogP contribution in [0.5, 0.6) is 0 Å². The molecule has 0 aromatic carbocycles. The number of ether oxygens (including phenoxy) is 1. The van der Waals surface area contributed by atoms with Crippen molar-refractivity contribution in [3.63, 3.8) is 0 Å². The number of hydrogen-bond acceptors (Lipinski definition) is 6. The number of carbonyl (C=O) groups excluding carboxylic acids is 1. The van der Waals surface area contributed by atoms with Crippen LogP contribution in [0.4, 0.5) is 0 Å². The number of nitrogens with zero attached hydrogens (tertiary/aromatic N) is 2. The maximum absolute atomic E-state index is 12.1. The first kappa shape index (κ1) is 15.1. The van der Waals surface area contributed by atoms with E-state index in [9.17, 15) is 9.59 Å². The number of aromatic amines is 1. The Hall–Kier alpha value is -1.28. The number of likely N-dealkylation sites (N-methyl/N-ethyl adjacent to an activating group) is 1. The summed E-state index contributed by atoms with van der Waals surface area (Å²) in [6.45, 7) is 2.19. The van der Waals surface area contributed by atoms with Gasteiger partial charge in [0.2, 0.25) is 0 Å². The van der Waals surface area contributed by atoms with Crippen LogP contribution in [0.1, 0.15) is 26.2 Å². The Morgan fingerprint density at radius 3 is 3.00 bits per heavy atom. The van der Waals surface area contributed by atoms with Gasteiger partial charge >= 0.3 is 11.7 Å². The second-order valence-corrected chi connectivity index (χ2v) is 6.17. The van der Waals surface area contributed by atoms with E-state index >= 15 is 0 Å². The fraction of sp³-hybridized carbons (Fsp3) is 0.750. The number of aromatic nitrogens is 3. The quantitative estimate of drug-likeness (QED) is 0.759. The Kier molecular flexibility index (Phi) is 4.54. The highest BCUT2D eigenvalue weighted by atomic mass is 32.2. The molecule has 1 aromatic rings. The number of nitrogens with one attached hydrogen (secondary N) is 2. The SMILES string of the molecule is CCOC(=O)C1(NC)CCC(Sc2n[nH]c(=O)n2C)C1. The van der Waals surface area contributed by atoms with Gasteiger partial charge in [-0.05, 0) is 33.2 Å². The van der Waals surface area contributed by atoms with Crippen LogP contribution in [0.3, 0.4) is 0 Å². The first-order valence-corrected chi connectivity index (χ1v) is 7.54. The fourth-order valence-electron chi connectivity index (χ4n) is 2.47. The van der Waals surface area contributed by atoms with Crippen molar-refractivity contribution in [3.05, 3.63) is 10.5 Å². The van der Waals surface area contributed by atoms with Crippen molar-refractivity contribution in [1.29, 1.82) is 0 Å². The molecule has 7 nitrogen and oxygen atoms in total. The summed E-state index contributed by atoms with van der Waals surface area (Å²) in [5, 5.41) is 10.4. The molecule has 0 bridgehead atoms. The molecule has 0 radical (unpaired) electrons. The normalized spacial score (nSPS) is 25.9. The smallest absolute Gasteiger partial charge is 0.343 e. The van der Waals surface area contributed by atoms with Crippen molar-refractivity contribution >= 4 is 17.7 Å². The third-order valence-electron chi connectivity index (χ3n) is 3.72. The monoisotopic (exact) mass is 300 g/mol. The summed E-state index contributed by atoms with van der Waals surface area (Å²) in [6.07, 6.45) is 2.29. The Morgan fingerprint density at radius 1 is 1.70 bits per heavy atom. The van der Waals surface area contributed by atoms with Gasteiger partial charge in [-0.3, -0.25) is 9.36 Å². The van der Waals surface area contributed by atoms with E-state index in [1.807, 2.05) is 6.92 Å². The minimum atomic E-state index is -0.608. The third-order valence-corrected chi connectivity index (χ3v) is 5.04. The molecule has 8 heteroatoms. The molecule has 0 aliphatic heterocycles. The van der Waals surface area contributed by atoms with Gasteiger partial charge in [-0.25, -0.2) is 9.89 Å². The molecular formula is C12H20N4O3S. The lowest BCUT2D eigenvalue weighted by Crippen LogP contribution is -2.49. The number of esters is 1. The average molecular weight is 300 g/mol. The summed E-state index contributed by atoms with van der Waals surface area (Å²) >= 11 is 1.52. The van der Waals surface area contributed by atoms with E-state index in [-0.39, 0.29) is 16.9 Å². The number of hydrogen-bond donors (Lipinski definition) is 2. The Bertz CT molecular complexity index is 541. The molecule has 1 aromatic heterocycles. The lowest BCUT2D eigenvalue weighted by molar-refractivity contribution is -0.150. The molecule has 2 rings (SSSR count). The van der Waals surface area contributed by atoms with Crippen LogP contribution in [0.15, 0.2) is 9.95 Å². The van der Waals surface area contributed by atoms with Crippen molar-refractivity contribution in [1.82, 2.24) is 20.1 Å². The Morgan fingerprint density at radius 2 is 2.45 bits per heavy atom. The second-order valence-electron chi connectivity index (χ2n) is 4.91. The predicted octanol–water partition coefficient (Wildman–Crippen LogP) is 0.274. The van der Waals surface area contributed by atoms with Crippen LogP contribution in [-0.2, 0) is 16.6 Å². The number of thioether (sulfide) groups is 1. The van der Waals surface area contributed by atoms with Gasteiger partial charge in [0.15, 0.2) is 5.16 Å². The lowest BCUT2D eigenvalue weighted by atomic mass is 9.98. The third kappa shape index (κ3) is 2.76. The zero-order valence-electron chi connectivity index (χ0n) is 11.9. The van der Waals surface area contributed by atoms with E-state index < -0.39 is 5.54 Å². The van der Waals surface area contributed by atoms with Crippen LogP contribution in [0, 0.1) is 0 Å². The van der Waals surface area contributed by atoms with Gasteiger partial charge in [0.1, 0.15) is 5.54 Å². The molecular weight excluding hydrogens is 280 g/mol. The van der Waals surface area contributed by atoms with E-state index in [0.29, 0.717) is 18.2 Å². The summed E-state index contributed by atoms with van der Waals surface area (Å²) in [4.78, 5) is 23.4. The van der Waals surface area contributed by atoms with Crippen LogP contribution in [-0.4, -0.2) is 45.2 Å². The Labute approximate surface area is 121 Å². The largest absolute Gasteiger partial charge is 0.465 e. The van der Waals surface area contributed by atoms with Crippen LogP contribution in [0.25, 0.3) is 0 Å². The van der Waals surface area contributed by atoms with E-state index in [2.05, 4.69) is 15.5 Å². The molecule has 2 unspecified atom stereocenters. The molecule has 1 fully saturated rings. The van der Waals surface area contributed by atoms with Crippen molar-refractivity contribution in [2.45, 2.75) is 42.1 Å². The molecule has 1 saturated carbocycles. The van der Waals surface area contributed by atoms with E-state index in [0.717, 1.165) is 12.8 Å². The summed E-state index contributed by atoms with van der Waals surface area (Å²) in [6, 6.07) is 0. The number of carbonyl (C=O) groups is 1. The zero-order valence-corrected chi connectivity index (χ0v) is 12.7. The minimum Gasteiger partial charge on any atom is -0.465 e. The van der Waals surface area contributed by atoms with Crippen LogP contribution < -0.4 is 11.0 Å². The predicted molar refractivity (Wildman–Crippen MR) is 75.7 cm³/mol. The van der Waals surface area contributed by atoms with E-state index in [4.69, 9.17) is 4.74 Å². The number of rotatable bonds is 5. The van der Waals surface area contributed by atoms with Crippen molar-refractivity contribution in [2.24, 2.45) is 7.05 Å². The number of H-pyrrole nitrogens is 1. The molecule has 20 heavy (non-hydrogen) atoms. The van der Waals surface area contributed by atoms with Crippen molar-refractivity contribution in [2.75, 3.05) is 13.7 Å². The van der Waals surface area contributed by atoms with Gasteiger partial charge in [-0.2, -0.15) is 0 Å². The van der Waals surface area contributed by atoms with Crippen LogP contribution in [0.2, 0.25) is 0 Å². The summed E-state index contributed by atoms with van der Waals surface area (Å²) < 4.78 is 6.64. The minimum absolute atomic E-state index is 0.193. The maximum atomic E-state index is 12.1. The summed E-state index contributed by atoms with van der Waals surface area (Å²) in [5.74, 6) is -0.193. The molecule has 2 N–H and O–H groups in total. The highest BCUT2D eigenvalue weighted by Crippen LogP contribution is 2.39. The molecule has 1 aliphatic rings. The highest BCUT2D eigenvalue weighted by Gasteiger charge is 2.46. The topological polar surface area (TPSA) is 89.0 Å². The van der Waals surface area contributed by atoms with E-state index in [1.165, 1.54) is 16.3 Å². The molecule has 1 aliphatic carbocycles. The zero-order chi connectivity index (χ0) is 14.8. The molecule has 112 valence electrons. The molecule has 2 atom stereocenters.